The van der Waals surface area contributed by atoms with Crippen molar-refractivity contribution in [3.8, 4) is 0 Å². The van der Waals surface area contributed by atoms with Crippen LogP contribution in [-0.4, -0.2) is 9.13 Å². The van der Waals surface area contributed by atoms with Crippen molar-refractivity contribution in [1.82, 2.24) is 9.13 Å². The number of nitrogens with zero attached hydrogens (tertiary/aromatic N) is 4. The van der Waals surface area contributed by atoms with Crippen LogP contribution in [-0.2, 0) is 13.1 Å². The molecular formula is C28H32N4+2. The third-order valence-corrected chi connectivity index (χ3v) is 6.31. The first-order valence-corrected chi connectivity index (χ1v) is 11.6. The van der Waals surface area contributed by atoms with E-state index in [2.05, 4.69) is 131 Å². The Kier molecular flexibility index (Phi) is 5.30. The van der Waals surface area contributed by atoms with E-state index in [0.717, 1.165) is 13.1 Å². The highest BCUT2D eigenvalue weighted by Crippen LogP contribution is 2.18. The first kappa shape index (κ1) is 20.5. The number of benzene rings is 3. The van der Waals surface area contributed by atoms with Gasteiger partial charge in [-0.25, -0.2) is 18.3 Å². The summed E-state index contributed by atoms with van der Waals surface area (Å²) in [5, 5.41) is 0. The molecule has 32 heavy (non-hydrogen) atoms. The molecule has 2 heterocycles. The zero-order chi connectivity index (χ0) is 22.2. The molecule has 4 nitrogen and oxygen atoms in total. The lowest BCUT2D eigenvalue weighted by molar-refractivity contribution is -0.664. The Labute approximate surface area is 190 Å². The molecule has 3 aromatic carbocycles. The van der Waals surface area contributed by atoms with Gasteiger partial charge in [0.2, 0.25) is 12.7 Å². The van der Waals surface area contributed by atoms with E-state index >= 15 is 0 Å². The zero-order valence-corrected chi connectivity index (χ0v) is 19.4. The van der Waals surface area contributed by atoms with Gasteiger partial charge in [-0.05, 0) is 63.1 Å². The van der Waals surface area contributed by atoms with Gasteiger partial charge in [-0.3, -0.25) is 0 Å². The first-order chi connectivity index (χ1) is 15.5. The van der Waals surface area contributed by atoms with Crippen molar-refractivity contribution in [3.63, 3.8) is 0 Å². The molecule has 162 valence electrons. The Bertz CT molecular complexity index is 1260. The van der Waals surface area contributed by atoms with Gasteiger partial charge in [0.25, 0.3) is 0 Å². The van der Waals surface area contributed by atoms with Gasteiger partial charge in [-0.1, -0.05) is 48.5 Å². The minimum absolute atomic E-state index is 0.438. The molecule has 0 N–H and O–H groups in total. The molecular weight excluding hydrogens is 392 g/mol. The normalized spacial score (nSPS) is 11.9. The molecule has 5 rings (SSSR count). The minimum atomic E-state index is 0.438. The molecule has 0 aliphatic heterocycles. The van der Waals surface area contributed by atoms with Gasteiger partial charge in [0.05, 0.1) is 12.1 Å². The topological polar surface area (TPSA) is 17.6 Å². The van der Waals surface area contributed by atoms with Crippen LogP contribution in [0.25, 0.3) is 22.1 Å². The van der Waals surface area contributed by atoms with Gasteiger partial charge in [0, 0.05) is 0 Å². The number of imidazole rings is 2. The van der Waals surface area contributed by atoms with Crippen molar-refractivity contribution >= 4 is 22.1 Å². The number of fused-ring (bicyclic) bond motifs is 2. The van der Waals surface area contributed by atoms with E-state index in [0.29, 0.717) is 12.1 Å². The Morgan fingerprint density at radius 2 is 0.938 bits per heavy atom. The van der Waals surface area contributed by atoms with E-state index in [1.54, 1.807) is 0 Å². The monoisotopic (exact) mass is 424 g/mol. The summed E-state index contributed by atoms with van der Waals surface area (Å²) in [6, 6.07) is 27.3. The number of rotatable bonds is 6. The number of hydrogen-bond donors (Lipinski definition) is 0. The Morgan fingerprint density at radius 3 is 1.31 bits per heavy atom. The summed E-state index contributed by atoms with van der Waals surface area (Å²) in [6.45, 7) is 10.7. The third kappa shape index (κ3) is 3.70. The SMILES string of the molecule is CC(C)n1c[n+](Cc2ccc(C[n+]3cn(C(C)C)c4ccccc43)cc2)c2ccccc21. The largest absolute Gasteiger partial charge is 0.245 e. The van der Waals surface area contributed by atoms with Gasteiger partial charge in [0.15, 0.2) is 22.1 Å². The highest BCUT2D eigenvalue weighted by atomic mass is 15.2. The van der Waals surface area contributed by atoms with Crippen LogP contribution >= 0.6 is 0 Å². The number of aromatic nitrogens is 4. The molecule has 0 aliphatic carbocycles. The van der Waals surface area contributed by atoms with E-state index in [1.165, 1.54) is 33.2 Å². The predicted molar refractivity (Wildman–Crippen MR) is 130 cm³/mol. The van der Waals surface area contributed by atoms with Crippen LogP contribution in [0.3, 0.4) is 0 Å². The average molecular weight is 425 g/mol. The molecule has 0 aliphatic rings. The molecule has 0 fully saturated rings. The van der Waals surface area contributed by atoms with Crippen molar-refractivity contribution in [2.45, 2.75) is 52.9 Å². The fraction of sp³-hybridized carbons (Fsp3) is 0.286. The van der Waals surface area contributed by atoms with E-state index < -0.39 is 0 Å². The Hall–Kier alpha value is -3.40. The minimum Gasteiger partial charge on any atom is -0.228 e. The second-order valence-corrected chi connectivity index (χ2v) is 9.28. The maximum Gasteiger partial charge on any atom is 0.245 e. The molecule has 2 aromatic heterocycles. The molecule has 5 aromatic rings. The lowest BCUT2D eigenvalue weighted by atomic mass is 10.1. The maximum atomic E-state index is 2.36. The molecule has 0 radical (unpaired) electrons. The zero-order valence-electron chi connectivity index (χ0n) is 19.4. The second kappa shape index (κ2) is 8.27. The van der Waals surface area contributed by atoms with Gasteiger partial charge in [-0.2, -0.15) is 0 Å². The van der Waals surface area contributed by atoms with Crippen LogP contribution in [0.15, 0.2) is 85.5 Å². The van der Waals surface area contributed by atoms with Crippen LogP contribution in [0.1, 0.15) is 50.9 Å². The van der Waals surface area contributed by atoms with Crippen LogP contribution in [0.5, 0.6) is 0 Å². The van der Waals surface area contributed by atoms with Crippen LogP contribution in [0.4, 0.5) is 0 Å². The summed E-state index contributed by atoms with van der Waals surface area (Å²) in [4.78, 5) is 0. The molecule has 0 bridgehead atoms. The van der Waals surface area contributed by atoms with Crippen molar-refractivity contribution in [3.05, 3.63) is 96.6 Å². The predicted octanol–water partition coefficient (Wildman–Crippen LogP) is 5.43. The number of para-hydroxylation sites is 4. The van der Waals surface area contributed by atoms with E-state index in [1.807, 2.05) is 0 Å². The van der Waals surface area contributed by atoms with Crippen LogP contribution < -0.4 is 9.13 Å². The fourth-order valence-electron chi connectivity index (χ4n) is 4.62. The fourth-order valence-corrected chi connectivity index (χ4v) is 4.62. The van der Waals surface area contributed by atoms with Crippen molar-refractivity contribution < 1.29 is 9.13 Å². The summed E-state index contributed by atoms with van der Waals surface area (Å²) in [5.74, 6) is 0. The van der Waals surface area contributed by atoms with Crippen LogP contribution in [0, 0.1) is 0 Å². The number of hydrogen-bond acceptors (Lipinski definition) is 0. The summed E-state index contributed by atoms with van der Waals surface area (Å²) in [6.07, 6.45) is 4.50. The van der Waals surface area contributed by atoms with Crippen LogP contribution in [0.2, 0.25) is 0 Å². The van der Waals surface area contributed by atoms with E-state index in [9.17, 15) is 0 Å². The Morgan fingerprint density at radius 1 is 0.562 bits per heavy atom. The van der Waals surface area contributed by atoms with Gasteiger partial charge in [-0.15, -0.1) is 0 Å². The quantitative estimate of drug-likeness (QED) is 0.324. The molecule has 4 heteroatoms. The van der Waals surface area contributed by atoms with E-state index in [-0.39, 0.29) is 0 Å². The highest BCUT2D eigenvalue weighted by molar-refractivity contribution is 5.72. The molecule has 0 spiro atoms. The lowest BCUT2D eigenvalue weighted by Gasteiger charge is -2.03. The maximum absolute atomic E-state index is 2.36. The van der Waals surface area contributed by atoms with Gasteiger partial charge >= 0.3 is 0 Å². The van der Waals surface area contributed by atoms with E-state index in [4.69, 9.17) is 0 Å². The lowest BCUT2D eigenvalue weighted by Crippen LogP contribution is -2.33. The van der Waals surface area contributed by atoms with Crippen molar-refractivity contribution in [1.29, 1.82) is 0 Å². The summed E-state index contributed by atoms with van der Waals surface area (Å²) < 4.78 is 9.42. The van der Waals surface area contributed by atoms with Crippen molar-refractivity contribution in [2.24, 2.45) is 0 Å². The standard InChI is InChI=1S/C28H32N4/c1-21(2)31-19-29(25-9-5-7-11-27(25)31)17-23-13-15-24(16-14-23)18-30-20-32(22(3)4)28-12-8-6-10-26(28)30/h5-16,19-22H,17-18H2,1-4H3/q+2. The summed E-state index contributed by atoms with van der Waals surface area (Å²) >= 11 is 0. The Balaban J connectivity index is 1.40. The molecule has 0 saturated heterocycles. The molecule has 0 atom stereocenters. The summed E-state index contributed by atoms with van der Waals surface area (Å²) in [7, 11) is 0. The van der Waals surface area contributed by atoms with Gasteiger partial charge < -0.3 is 0 Å². The third-order valence-electron chi connectivity index (χ3n) is 6.31. The van der Waals surface area contributed by atoms with Gasteiger partial charge in [0.1, 0.15) is 13.1 Å². The highest BCUT2D eigenvalue weighted by Gasteiger charge is 2.19. The van der Waals surface area contributed by atoms with Crippen molar-refractivity contribution in [2.75, 3.05) is 0 Å². The summed E-state index contributed by atoms with van der Waals surface area (Å²) in [5.41, 5.74) is 7.78. The second-order valence-electron chi connectivity index (χ2n) is 9.28. The molecule has 0 unspecified atom stereocenters. The smallest absolute Gasteiger partial charge is 0.228 e. The molecule has 0 saturated carbocycles. The average Bonchev–Trinajstić information content (AvgIpc) is 3.35. The molecule has 0 amide bonds. The first-order valence-electron chi connectivity index (χ1n) is 11.6.